The van der Waals surface area contributed by atoms with Gasteiger partial charge in [-0.2, -0.15) is 5.26 Å². The van der Waals surface area contributed by atoms with Crippen LogP contribution in [0.15, 0.2) is 53.4 Å². The van der Waals surface area contributed by atoms with Gasteiger partial charge >= 0.3 is 0 Å². The Morgan fingerprint density at radius 3 is 2.71 bits per heavy atom. The molecule has 0 saturated heterocycles. The van der Waals surface area contributed by atoms with E-state index in [2.05, 4.69) is 16.7 Å². The maximum Gasteiger partial charge on any atom is 0.258 e. The van der Waals surface area contributed by atoms with Gasteiger partial charge in [0.05, 0.1) is 16.4 Å². The van der Waals surface area contributed by atoms with E-state index in [1.54, 1.807) is 24.3 Å². The summed E-state index contributed by atoms with van der Waals surface area (Å²) in [6.07, 6.45) is 4.63. The second-order valence-corrected chi connectivity index (χ2v) is 10.4. The van der Waals surface area contributed by atoms with Gasteiger partial charge in [-0.05, 0) is 68.0 Å². The van der Waals surface area contributed by atoms with Gasteiger partial charge in [0.15, 0.2) is 0 Å². The number of benzene rings is 2. The van der Waals surface area contributed by atoms with Gasteiger partial charge in [-0.15, -0.1) is 23.1 Å². The van der Waals surface area contributed by atoms with Crippen LogP contribution in [0.4, 0.5) is 15.1 Å². The molecule has 2 amide bonds. The largest absolute Gasteiger partial charge is 0.322 e. The minimum Gasteiger partial charge on any atom is -0.322 e. The molecule has 0 fully saturated rings. The molecule has 1 heterocycles. The molecule has 0 spiro atoms. The van der Waals surface area contributed by atoms with E-state index in [4.69, 9.17) is 0 Å². The first-order valence-electron chi connectivity index (χ1n) is 11.2. The number of nitriles is 1. The van der Waals surface area contributed by atoms with Crippen molar-refractivity contribution in [2.75, 3.05) is 10.6 Å². The van der Waals surface area contributed by atoms with Crippen LogP contribution in [0.1, 0.15) is 52.5 Å². The second kappa shape index (κ2) is 10.9. The number of nitrogens with zero attached hydrogens (tertiary/aromatic N) is 1. The van der Waals surface area contributed by atoms with Crippen LogP contribution in [0.25, 0.3) is 0 Å². The molecular formula is C26H24FN3O2S2. The van der Waals surface area contributed by atoms with Gasteiger partial charge in [0.25, 0.3) is 5.91 Å². The third kappa shape index (κ3) is 5.32. The van der Waals surface area contributed by atoms with E-state index in [-0.39, 0.29) is 16.7 Å². The summed E-state index contributed by atoms with van der Waals surface area (Å²) in [5.41, 5.74) is 2.18. The van der Waals surface area contributed by atoms with Crippen LogP contribution in [0, 0.1) is 17.1 Å². The molecule has 3 aromatic rings. The summed E-state index contributed by atoms with van der Waals surface area (Å²) in [5, 5.41) is 15.6. The summed E-state index contributed by atoms with van der Waals surface area (Å²) in [6.45, 7) is 1.94. The van der Waals surface area contributed by atoms with Crippen LogP contribution in [0.2, 0.25) is 0 Å². The zero-order chi connectivity index (χ0) is 24.1. The van der Waals surface area contributed by atoms with Crippen LogP contribution in [0.3, 0.4) is 0 Å². The number of rotatable bonds is 7. The first-order chi connectivity index (χ1) is 16.5. The normalized spacial score (nSPS) is 13.4. The van der Waals surface area contributed by atoms with E-state index < -0.39 is 11.7 Å². The Balaban J connectivity index is 1.45. The SMILES string of the molecule is CCC(Sc1cccc(NC(=O)c2ccccc2F)c1)C(=O)Nc1sc2c(c1C#N)CCCC2. The number of hydrogen-bond donors (Lipinski definition) is 2. The van der Waals surface area contributed by atoms with Crippen molar-refractivity contribution < 1.29 is 14.0 Å². The Bertz CT molecular complexity index is 1270. The molecule has 1 aromatic heterocycles. The predicted molar refractivity (Wildman–Crippen MR) is 135 cm³/mol. The summed E-state index contributed by atoms with van der Waals surface area (Å²) < 4.78 is 13.9. The third-order valence-electron chi connectivity index (χ3n) is 5.67. The van der Waals surface area contributed by atoms with Crippen LogP contribution in [-0.2, 0) is 17.6 Å². The minimum absolute atomic E-state index is 0.0293. The molecule has 0 aliphatic heterocycles. The Kier molecular flexibility index (Phi) is 7.66. The molecule has 1 atom stereocenters. The van der Waals surface area contributed by atoms with Gasteiger partial charge in [0.1, 0.15) is 16.9 Å². The van der Waals surface area contributed by atoms with E-state index >= 15 is 0 Å². The molecule has 2 N–H and O–H groups in total. The van der Waals surface area contributed by atoms with Gasteiger partial charge < -0.3 is 10.6 Å². The maximum absolute atomic E-state index is 13.9. The fourth-order valence-corrected chi connectivity index (χ4v) is 6.20. The molecule has 0 saturated carbocycles. The Morgan fingerprint density at radius 2 is 1.94 bits per heavy atom. The molecule has 1 aliphatic rings. The zero-order valence-corrected chi connectivity index (χ0v) is 20.3. The number of halogens is 1. The second-order valence-electron chi connectivity index (χ2n) is 7.99. The van der Waals surface area contributed by atoms with Gasteiger partial charge in [-0.25, -0.2) is 4.39 Å². The van der Waals surface area contributed by atoms with Crippen LogP contribution >= 0.6 is 23.1 Å². The lowest BCUT2D eigenvalue weighted by Crippen LogP contribution is -2.24. The first-order valence-corrected chi connectivity index (χ1v) is 12.9. The fourth-order valence-electron chi connectivity index (χ4n) is 3.94. The molecule has 34 heavy (non-hydrogen) atoms. The monoisotopic (exact) mass is 493 g/mol. The number of thiophene rings is 1. The smallest absolute Gasteiger partial charge is 0.258 e. The lowest BCUT2D eigenvalue weighted by molar-refractivity contribution is -0.115. The van der Waals surface area contributed by atoms with Crippen molar-refractivity contribution in [3.05, 3.63) is 75.9 Å². The highest BCUT2D eigenvalue weighted by Crippen LogP contribution is 2.38. The van der Waals surface area contributed by atoms with Crippen molar-refractivity contribution in [3.8, 4) is 6.07 Å². The number of carbonyl (C=O) groups excluding carboxylic acids is 2. The quantitative estimate of drug-likeness (QED) is 0.373. The molecule has 8 heteroatoms. The minimum atomic E-state index is -0.583. The number of anilines is 2. The molecule has 1 unspecified atom stereocenters. The standard InChI is InChI=1S/C26H24FN3O2S2/c1-2-22(25(32)30-26-20(15-28)18-10-4-6-13-23(18)34-26)33-17-9-7-8-16(14-17)29-24(31)19-11-3-5-12-21(19)27/h3,5,7-9,11-12,14,22H,2,4,6,10,13H2,1H3,(H,29,31)(H,30,32). The van der Waals surface area contributed by atoms with E-state index in [0.29, 0.717) is 22.7 Å². The number of amides is 2. The van der Waals surface area contributed by atoms with Crippen LogP contribution < -0.4 is 10.6 Å². The van der Waals surface area contributed by atoms with Crippen molar-refractivity contribution >= 4 is 45.6 Å². The molecule has 4 rings (SSSR count). The molecule has 0 bridgehead atoms. The highest BCUT2D eigenvalue weighted by Gasteiger charge is 2.25. The topological polar surface area (TPSA) is 82.0 Å². The predicted octanol–water partition coefficient (Wildman–Crippen LogP) is 6.40. The summed E-state index contributed by atoms with van der Waals surface area (Å²) in [5.74, 6) is -1.26. The number of carbonyl (C=O) groups is 2. The van der Waals surface area contributed by atoms with Gasteiger partial charge in [0, 0.05) is 15.5 Å². The van der Waals surface area contributed by atoms with Crippen LogP contribution in [0.5, 0.6) is 0 Å². The number of aryl methyl sites for hydroxylation is 1. The number of thioether (sulfide) groups is 1. The fraction of sp³-hybridized carbons (Fsp3) is 0.269. The Hall–Kier alpha value is -3.15. The Labute approximate surface area is 206 Å². The zero-order valence-electron chi connectivity index (χ0n) is 18.7. The van der Waals surface area contributed by atoms with Crippen molar-refractivity contribution in [2.24, 2.45) is 0 Å². The van der Waals surface area contributed by atoms with E-state index in [1.165, 1.54) is 46.2 Å². The lowest BCUT2D eigenvalue weighted by atomic mass is 9.96. The first kappa shape index (κ1) is 24.0. The molecular weight excluding hydrogens is 469 g/mol. The highest BCUT2D eigenvalue weighted by molar-refractivity contribution is 8.00. The maximum atomic E-state index is 13.9. The van der Waals surface area contributed by atoms with E-state index in [0.717, 1.165) is 36.1 Å². The van der Waals surface area contributed by atoms with Gasteiger partial charge in [-0.1, -0.05) is 25.1 Å². The van der Waals surface area contributed by atoms with Crippen molar-refractivity contribution in [3.63, 3.8) is 0 Å². The third-order valence-corrected chi connectivity index (χ3v) is 8.24. The average molecular weight is 494 g/mol. The highest BCUT2D eigenvalue weighted by atomic mass is 32.2. The van der Waals surface area contributed by atoms with Gasteiger partial charge in [-0.3, -0.25) is 9.59 Å². The number of hydrogen-bond acceptors (Lipinski definition) is 5. The van der Waals surface area contributed by atoms with Crippen molar-refractivity contribution in [2.45, 2.75) is 49.2 Å². The van der Waals surface area contributed by atoms with E-state index in [9.17, 15) is 19.2 Å². The molecule has 1 aliphatic carbocycles. The number of nitrogens with one attached hydrogen (secondary N) is 2. The summed E-state index contributed by atoms with van der Waals surface area (Å²) in [7, 11) is 0. The van der Waals surface area contributed by atoms with Crippen LogP contribution in [-0.4, -0.2) is 17.1 Å². The number of fused-ring (bicyclic) bond motifs is 1. The Morgan fingerprint density at radius 1 is 1.15 bits per heavy atom. The summed E-state index contributed by atoms with van der Waals surface area (Å²) in [6, 6.07) is 15.2. The summed E-state index contributed by atoms with van der Waals surface area (Å²) >= 11 is 2.90. The molecule has 174 valence electrons. The molecule has 0 radical (unpaired) electrons. The molecule has 5 nitrogen and oxygen atoms in total. The summed E-state index contributed by atoms with van der Waals surface area (Å²) in [4.78, 5) is 27.5. The van der Waals surface area contributed by atoms with Crippen molar-refractivity contribution in [1.29, 1.82) is 5.26 Å². The van der Waals surface area contributed by atoms with Crippen molar-refractivity contribution in [1.82, 2.24) is 0 Å². The average Bonchev–Trinajstić information content (AvgIpc) is 3.19. The van der Waals surface area contributed by atoms with E-state index in [1.807, 2.05) is 13.0 Å². The molecule has 2 aromatic carbocycles. The lowest BCUT2D eigenvalue weighted by Gasteiger charge is -2.15. The van der Waals surface area contributed by atoms with Gasteiger partial charge in [0.2, 0.25) is 5.91 Å².